The van der Waals surface area contributed by atoms with Crippen LogP contribution in [0.1, 0.15) is 32.3 Å². The molecule has 1 rings (SSSR count). The Kier molecular flexibility index (Phi) is 6.92. The van der Waals surface area contributed by atoms with Crippen LogP contribution >= 0.6 is 0 Å². The first kappa shape index (κ1) is 14.6. The van der Waals surface area contributed by atoms with Crippen molar-refractivity contribution in [2.45, 2.75) is 33.1 Å². The van der Waals surface area contributed by atoms with E-state index in [1.807, 2.05) is 18.2 Å². The molecule has 0 heterocycles. The van der Waals surface area contributed by atoms with Gasteiger partial charge in [0.05, 0.1) is 0 Å². The molecule has 2 amide bonds. The molecule has 2 N–H and O–H groups in total. The lowest BCUT2D eigenvalue weighted by Crippen LogP contribution is -2.37. The van der Waals surface area contributed by atoms with Crippen molar-refractivity contribution >= 4 is 6.03 Å². The molecule has 0 bridgehead atoms. The molecule has 0 saturated heterocycles. The second-order valence-electron chi connectivity index (χ2n) is 4.95. The van der Waals surface area contributed by atoms with E-state index in [2.05, 4.69) is 36.6 Å². The zero-order valence-corrected chi connectivity index (χ0v) is 11.4. The molecule has 1 aromatic carbocycles. The van der Waals surface area contributed by atoms with E-state index in [0.29, 0.717) is 12.5 Å². The fraction of sp³-hybridized carbons (Fsp3) is 0.533. The minimum atomic E-state index is -0.0605. The lowest BCUT2D eigenvalue weighted by Gasteiger charge is -2.08. The lowest BCUT2D eigenvalue weighted by atomic mass is 10.1. The quantitative estimate of drug-likeness (QED) is 0.716. The van der Waals surface area contributed by atoms with Crippen LogP contribution in [0.2, 0.25) is 0 Å². The number of nitrogens with one attached hydrogen (secondary N) is 2. The van der Waals surface area contributed by atoms with Crippen LogP contribution in [0.25, 0.3) is 0 Å². The normalized spacial score (nSPS) is 10.4. The third kappa shape index (κ3) is 6.94. The van der Waals surface area contributed by atoms with E-state index >= 15 is 0 Å². The summed E-state index contributed by atoms with van der Waals surface area (Å²) in [7, 11) is 0. The number of rotatable bonds is 7. The third-order valence-corrected chi connectivity index (χ3v) is 2.79. The summed E-state index contributed by atoms with van der Waals surface area (Å²) < 4.78 is 0. The highest BCUT2D eigenvalue weighted by Crippen LogP contribution is 2.01. The maximum atomic E-state index is 11.5. The molecule has 18 heavy (non-hydrogen) atoms. The first-order chi connectivity index (χ1) is 8.68. The molecule has 0 atom stereocenters. The van der Waals surface area contributed by atoms with Crippen molar-refractivity contribution < 1.29 is 4.79 Å². The summed E-state index contributed by atoms with van der Waals surface area (Å²) in [5.74, 6) is 0.702. The summed E-state index contributed by atoms with van der Waals surface area (Å²) in [4.78, 5) is 11.5. The van der Waals surface area contributed by atoms with Crippen LogP contribution in [0.5, 0.6) is 0 Å². The molecule has 0 aliphatic carbocycles. The number of urea groups is 1. The highest BCUT2D eigenvalue weighted by Gasteiger charge is 1.99. The van der Waals surface area contributed by atoms with Gasteiger partial charge in [-0.3, -0.25) is 0 Å². The van der Waals surface area contributed by atoms with E-state index in [9.17, 15) is 4.79 Å². The summed E-state index contributed by atoms with van der Waals surface area (Å²) in [6, 6.07) is 10.1. The Morgan fingerprint density at radius 3 is 2.44 bits per heavy atom. The zero-order valence-electron chi connectivity index (χ0n) is 11.4. The maximum Gasteiger partial charge on any atom is 0.314 e. The summed E-state index contributed by atoms with van der Waals surface area (Å²) in [5, 5.41) is 5.74. The fourth-order valence-electron chi connectivity index (χ4n) is 1.74. The van der Waals surface area contributed by atoms with Gasteiger partial charge in [0.1, 0.15) is 0 Å². The van der Waals surface area contributed by atoms with Crippen LogP contribution in [0.4, 0.5) is 4.79 Å². The molecule has 0 spiro atoms. The Balaban J connectivity index is 2.03. The van der Waals surface area contributed by atoms with Crippen LogP contribution in [0.15, 0.2) is 30.3 Å². The Bertz CT molecular complexity index is 336. The van der Waals surface area contributed by atoms with Crippen LogP contribution in [-0.4, -0.2) is 19.1 Å². The van der Waals surface area contributed by atoms with Crippen molar-refractivity contribution in [3.63, 3.8) is 0 Å². The summed E-state index contributed by atoms with van der Waals surface area (Å²) in [6.07, 6.45) is 3.08. The van der Waals surface area contributed by atoms with Crippen LogP contribution in [0, 0.1) is 5.92 Å². The second kappa shape index (κ2) is 8.56. The predicted molar refractivity (Wildman–Crippen MR) is 75.6 cm³/mol. The molecular weight excluding hydrogens is 224 g/mol. The smallest absolute Gasteiger partial charge is 0.314 e. The summed E-state index contributed by atoms with van der Waals surface area (Å²) >= 11 is 0. The molecule has 3 nitrogen and oxygen atoms in total. The fourth-order valence-corrected chi connectivity index (χ4v) is 1.74. The molecule has 0 radical (unpaired) electrons. The minimum Gasteiger partial charge on any atom is -0.338 e. The van der Waals surface area contributed by atoms with E-state index in [4.69, 9.17) is 0 Å². The van der Waals surface area contributed by atoms with E-state index in [-0.39, 0.29) is 6.03 Å². The number of carbonyl (C=O) groups is 1. The van der Waals surface area contributed by atoms with Crippen molar-refractivity contribution in [1.82, 2.24) is 10.6 Å². The average Bonchev–Trinajstić information content (AvgIpc) is 2.36. The first-order valence-electron chi connectivity index (χ1n) is 6.74. The first-order valence-corrected chi connectivity index (χ1v) is 6.74. The van der Waals surface area contributed by atoms with Gasteiger partial charge in [0, 0.05) is 13.1 Å². The molecule has 0 aromatic heterocycles. The molecule has 0 unspecified atom stereocenters. The molecular formula is C15H24N2O. The molecule has 0 aliphatic rings. The number of amides is 2. The van der Waals surface area contributed by atoms with Crippen molar-refractivity contribution in [1.29, 1.82) is 0 Å². The van der Waals surface area contributed by atoms with Crippen molar-refractivity contribution in [3.05, 3.63) is 35.9 Å². The summed E-state index contributed by atoms with van der Waals surface area (Å²) in [6.45, 7) is 5.83. The van der Waals surface area contributed by atoms with Gasteiger partial charge in [-0.25, -0.2) is 4.79 Å². The Morgan fingerprint density at radius 2 is 1.78 bits per heavy atom. The number of hydrogen-bond donors (Lipinski definition) is 2. The highest BCUT2D eigenvalue weighted by molar-refractivity contribution is 5.73. The van der Waals surface area contributed by atoms with Crippen molar-refractivity contribution in [2.75, 3.05) is 13.1 Å². The maximum absolute atomic E-state index is 11.5. The van der Waals surface area contributed by atoms with Crippen LogP contribution in [-0.2, 0) is 6.42 Å². The van der Waals surface area contributed by atoms with Gasteiger partial charge in [-0.05, 0) is 30.7 Å². The Labute approximate surface area is 110 Å². The van der Waals surface area contributed by atoms with Crippen LogP contribution in [0.3, 0.4) is 0 Å². The van der Waals surface area contributed by atoms with Gasteiger partial charge in [0.2, 0.25) is 0 Å². The Morgan fingerprint density at radius 1 is 1.11 bits per heavy atom. The third-order valence-electron chi connectivity index (χ3n) is 2.79. The molecule has 100 valence electrons. The predicted octanol–water partition coefficient (Wildman–Crippen LogP) is 2.96. The van der Waals surface area contributed by atoms with Crippen molar-refractivity contribution in [2.24, 2.45) is 5.92 Å². The largest absolute Gasteiger partial charge is 0.338 e. The van der Waals surface area contributed by atoms with Gasteiger partial charge in [-0.15, -0.1) is 0 Å². The second-order valence-corrected chi connectivity index (χ2v) is 4.95. The SMILES string of the molecule is CC(C)CCCNC(=O)NCCc1ccccc1. The monoisotopic (exact) mass is 248 g/mol. The topological polar surface area (TPSA) is 41.1 Å². The van der Waals surface area contributed by atoms with Gasteiger partial charge < -0.3 is 10.6 Å². The van der Waals surface area contributed by atoms with Gasteiger partial charge in [0.25, 0.3) is 0 Å². The lowest BCUT2D eigenvalue weighted by molar-refractivity contribution is 0.240. The highest BCUT2D eigenvalue weighted by atomic mass is 16.2. The van der Waals surface area contributed by atoms with Crippen LogP contribution < -0.4 is 10.6 Å². The molecule has 3 heteroatoms. The number of carbonyl (C=O) groups excluding carboxylic acids is 1. The van der Waals surface area contributed by atoms with E-state index < -0.39 is 0 Å². The number of benzene rings is 1. The molecule has 0 fully saturated rings. The standard InChI is InChI=1S/C15H24N2O/c1-13(2)7-6-11-16-15(18)17-12-10-14-8-4-3-5-9-14/h3-5,8-9,13H,6-7,10-12H2,1-2H3,(H2,16,17,18). The van der Waals surface area contributed by atoms with E-state index in [1.54, 1.807) is 0 Å². The average molecular weight is 248 g/mol. The van der Waals surface area contributed by atoms with Gasteiger partial charge >= 0.3 is 6.03 Å². The number of hydrogen-bond acceptors (Lipinski definition) is 1. The van der Waals surface area contributed by atoms with Gasteiger partial charge in [0.15, 0.2) is 0 Å². The summed E-state index contributed by atoms with van der Waals surface area (Å²) in [5.41, 5.74) is 1.25. The molecule has 1 aromatic rings. The Hall–Kier alpha value is -1.51. The minimum absolute atomic E-state index is 0.0605. The van der Waals surface area contributed by atoms with Crippen molar-refractivity contribution in [3.8, 4) is 0 Å². The van der Waals surface area contributed by atoms with E-state index in [1.165, 1.54) is 5.56 Å². The molecule has 0 saturated carbocycles. The molecule has 0 aliphatic heterocycles. The van der Waals surface area contributed by atoms with E-state index in [0.717, 1.165) is 25.8 Å². The zero-order chi connectivity index (χ0) is 13.2. The van der Waals surface area contributed by atoms with Gasteiger partial charge in [-0.1, -0.05) is 44.2 Å². The van der Waals surface area contributed by atoms with Gasteiger partial charge in [-0.2, -0.15) is 0 Å².